The molecular weight excluding hydrogens is 330 g/mol. The van der Waals surface area contributed by atoms with Crippen molar-refractivity contribution in [3.05, 3.63) is 29.8 Å². The number of rotatable bonds is 5. The van der Waals surface area contributed by atoms with E-state index >= 15 is 0 Å². The molecule has 1 saturated heterocycles. The van der Waals surface area contributed by atoms with E-state index in [4.69, 9.17) is 0 Å². The van der Waals surface area contributed by atoms with Crippen molar-refractivity contribution in [2.24, 2.45) is 5.92 Å². The molecule has 1 saturated carbocycles. The largest absolute Gasteiger partial charge is 0.350 e. The third-order valence-corrected chi connectivity index (χ3v) is 5.13. The molecule has 6 heteroatoms. The molecule has 1 aromatic carbocycles. The molecule has 1 unspecified atom stereocenters. The van der Waals surface area contributed by atoms with Crippen LogP contribution in [0.4, 0.5) is 5.69 Å². The summed E-state index contributed by atoms with van der Waals surface area (Å²) in [7, 11) is 0. The van der Waals surface area contributed by atoms with Gasteiger partial charge in [0.2, 0.25) is 11.8 Å². The van der Waals surface area contributed by atoms with Gasteiger partial charge in [0.05, 0.1) is 5.92 Å². The van der Waals surface area contributed by atoms with Crippen LogP contribution in [0.1, 0.15) is 56.3 Å². The maximum atomic E-state index is 12.5. The molecule has 6 nitrogen and oxygen atoms in total. The van der Waals surface area contributed by atoms with Gasteiger partial charge in [0.25, 0.3) is 5.91 Å². The van der Waals surface area contributed by atoms with Crippen LogP contribution < -0.4 is 10.6 Å². The quantitative estimate of drug-likeness (QED) is 0.850. The molecule has 1 atom stereocenters. The number of carbonyl (C=O) groups is 3. The number of nitrogens with zero attached hydrogens (tertiary/aromatic N) is 1. The first kappa shape index (κ1) is 18.4. The Kier molecular flexibility index (Phi) is 5.59. The molecule has 0 spiro atoms. The predicted molar refractivity (Wildman–Crippen MR) is 99.7 cm³/mol. The van der Waals surface area contributed by atoms with Gasteiger partial charge in [0.1, 0.15) is 0 Å². The lowest BCUT2D eigenvalue weighted by atomic mass is 10.1. The predicted octanol–water partition coefficient (Wildman–Crippen LogP) is 2.55. The van der Waals surface area contributed by atoms with Crippen LogP contribution in [0.2, 0.25) is 0 Å². The molecule has 26 heavy (non-hydrogen) atoms. The van der Waals surface area contributed by atoms with Crippen LogP contribution in [-0.2, 0) is 9.59 Å². The monoisotopic (exact) mass is 357 g/mol. The summed E-state index contributed by atoms with van der Waals surface area (Å²) in [6, 6.07) is 7.22. The van der Waals surface area contributed by atoms with E-state index in [0.717, 1.165) is 12.8 Å². The molecule has 3 amide bonds. The van der Waals surface area contributed by atoms with Gasteiger partial charge in [-0.3, -0.25) is 14.4 Å². The van der Waals surface area contributed by atoms with Crippen LogP contribution in [0.3, 0.4) is 0 Å². The highest BCUT2D eigenvalue weighted by Gasteiger charge is 2.38. The lowest BCUT2D eigenvalue weighted by Gasteiger charge is -2.23. The van der Waals surface area contributed by atoms with E-state index in [1.807, 2.05) is 18.7 Å². The Morgan fingerprint density at radius 2 is 1.77 bits per heavy atom. The minimum atomic E-state index is -0.299. The van der Waals surface area contributed by atoms with Crippen LogP contribution in [-0.4, -0.2) is 41.2 Å². The van der Waals surface area contributed by atoms with Crippen molar-refractivity contribution in [2.75, 3.05) is 11.9 Å². The van der Waals surface area contributed by atoms with Gasteiger partial charge in [-0.15, -0.1) is 0 Å². The van der Waals surface area contributed by atoms with E-state index in [1.165, 1.54) is 12.8 Å². The zero-order valence-electron chi connectivity index (χ0n) is 15.5. The molecule has 1 aromatic rings. The summed E-state index contributed by atoms with van der Waals surface area (Å²) in [5.41, 5.74) is 1.20. The van der Waals surface area contributed by atoms with Gasteiger partial charge >= 0.3 is 0 Å². The lowest BCUT2D eigenvalue weighted by molar-refractivity contribution is -0.129. The average molecular weight is 357 g/mol. The second-order valence-corrected chi connectivity index (χ2v) is 7.58. The fourth-order valence-electron chi connectivity index (χ4n) is 3.77. The van der Waals surface area contributed by atoms with Gasteiger partial charge in [-0.25, -0.2) is 0 Å². The number of nitrogens with one attached hydrogen (secondary N) is 2. The lowest BCUT2D eigenvalue weighted by Crippen LogP contribution is -2.35. The summed E-state index contributed by atoms with van der Waals surface area (Å²) in [6.45, 7) is 4.33. The minimum Gasteiger partial charge on any atom is -0.350 e. The maximum absolute atomic E-state index is 12.5. The standard InChI is InChI=1S/C20H27N3O3/c1-13(2)21-19(25)14-7-9-16(10-8-14)22-20(26)15-11-18(24)23(12-15)17-5-3-4-6-17/h7-10,13,15,17H,3-6,11-12H2,1-2H3,(H,21,25)(H,22,26). The molecule has 1 aliphatic heterocycles. The first-order chi connectivity index (χ1) is 12.4. The van der Waals surface area contributed by atoms with E-state index in [-0.39, 0.29) is 36.1 Å². The first-order valence-corrected chi connectivity index (χ1v) is 9.45. The SMILES string of the molecule is CC(C)NC(=O)c1ccc(NC(=O)C2CC(=O)N(C3CCCC3)C2)cc1. The Hall–Kier alpha value is -2.37. The Bertz CT molecular complexity index is 678. The van der Waals surface area contributed by atoms with Crippen molar-refractivity contribution in [2.45, 2.75) is 58.0 Å². The summed E-state index contributed by atoms with van der Waals surface area (Å²) in [6.07, 6.45) is 4.74. The van der Waals surface area contributed by atoms with E-state index in [9.17, 15) is 14.4 Å². The molecule has 1 heterocycles. The number of likely N-dealkylation sites (tertiary alicyclic amines) is 1. The summed E-state index contributed by atoms with van der Waals surface area (Å²) in [4.78, 5) is 38.6. The van der Waals surface area contributed by atoms with Crippen LogP contribution in [0.15, 0.2) is 24.3 Å². The molecule has 140 valence electrons. The van der Waals surface area contributed by atoms with Crippen LogP contribution in [0.5, 0.6) is 0 Å². The van der Waals surface area contributed by atoms with Crippen molar-refractivity contribution in [3.8, 4) is 0 Å². The number of hydrogen-bond donors (Lipinski definition) is 2. The second kappa shape index (κ2) is 7.89. The Morgan fingerprint density at radius 3 is 2.38 bits per heavy atom. The molecule has 0 aromatic heterocycles. The zero-order chi connectivity index (χ0) is 18.7. The van der Waals surface area contributed by atoms with Crippen LogP contribution in [0.25, 0.3) is 0 Å². The molecule has 0 bridgehead atoms. The Balaban J connectivity index is 1.56. The molecule has 3 rings (SSSR count). The van der Waals surface area contributed by atoms with Crippen molar-refractivity contribution < 1.29 is 14.4 Å². The highest BCUT2D eigenvalue weighted by molar-refractivity contribution is 5.98. The van der Waals surface area contributed by atoms with E-state index < -0.39 is 0 Å². The normalized spacial score (nSPS) is 20.7. The second-order valence-electron chi connectivity index (χ2n) is 7.58. The number of carbonyl (C=O) groups excluding carboxylic acids is 3. The molecule has 2 aliphatic rings. The van der Waals surface area contributed by atoms with E-state index in [1.54, 1.807) is 24.3 Å². The molecule has 2 N–H and O–H groups in total. The number of anilines is 1. The van der Waals surface area contributed by atoms with Gasteiger partial charge in [0, 0.05) is 36.3 Å². The van der Waals surface area contributed by atoms with Crippen molar-refractivity contribution in [1.29, 1.82) is 0 Å². The summed E-state index contributed by atoms with van der Waals surface area (Å²) >= 11 is 0. The Labute approximate surface area is 154 Å². The van der Waals surface area contributed by atoms with Gasteiger partial charge in [-0.05, 0) is 51.0 Å². The van der Waals surface area contributed by atoms with Crippen molar-refractivity contribution in [3.63, 3.8) is 0 Å². The van der Waals surface area contributed by atoms with Gasteiger partial charge in [-0.1, -0.05) is 12.8 Å². The summed E-state index contributed by atoms with van der Waals surface area (Å²) < 4.78 is 0. The fourth-order valence-corrected chi connectivity index (χ4v) is 3.77. The highest BCUT2D eigenvalue weighted by Crippen LogP contribution is 2.30. The highest BCUT2D eigenvalue weighted by atomic mass is 16.2. The average Bonchev–Trinajstić information content (AvgIpc) is 3.24. The van der Waals surface area contributed by atoms with E-state index in [2.05, 4.69) is 10.6 Å². The molecule has 0 radical (unpaired) electrons. The minimum absolute atomic E-state index is 0.0737. The smallest absolute Gasteiger partial charge is 0.251 e. The van der Waals surface area contributed by atoms with Gasteiger partial charge in [0.15, 0.2) is 0 Å². The number of benzene rings is 1. The van der Waals surface area contributed by atoms with Gasteiger partial charge in [-0.2, -0.15) is 0 Å². The Morgan fingerprint density at radius 1 is 1.12 bits per heavy atom. The topological polar surface area (TPSA) is 78.5 Å². The van der Waals surface area contributed by atoms with Crippen molar-refractivity contribution in [1.82, 2.24) is 10.2 Å². The van der Waals surface area contributed by atoms with Crippen LogP contribution >= 0.6 is 0 Å². The molecular formula is C20H27N3O3. The maximum Gasteiger partial charge on any atom is 0.251 e. The number of hydrogen-bond acceptors (Lipinski definition) is 3. The summed E-state index contributed by atoms with van der Waals surface area (Å²) in [5.74, 6) is -0.463. The summed E-state index contributed by atoms with van der Waals surface area (Å²) in [5, 5.41) is 5.70. The third kappa shape index (κ3) is 4.23. The first-order valence-electron chi connectivity index (χ1n) is 9.45. The van der Waals surface area contributed by atoms with Gasteiger partial charge < -0.3 is 15.5 Å². The molecule has 2 fully saturated rings. The van der Waals surface area contributed by atoms with Crippen molar-refractivity contribution >= 4 is 23.4 Å². The molecule has 1 aliphatic carbocycles. The number of amides is 3. The zero-order valence-corrected chi connectivity index (χ0v) is 15.5. The fraction of sp³-hybridized carbons (Fsp3) is 0.550. The third-order valence-electron chi connectivity index (χ3n) is 5.13. The van der Waals surface area contributed by atoms with Crippen LogP contribution in [0, 0.1) is 5.92 Å². The van der Waals surface area contributed by atoms with E-state index in [0.29, 0.717) is 23.8 Å².